The van der Waals surface area contributed by atoms with Crippen LogP contribution in [0.2, 0.25) is 0 Å². The minimum Gasteiger partial charge on any atom is -0.496 e. The van der Waals surface area contributed by atoms with Gasteiger partial charge in [-0.3, -0.25) is 9.20 Å². The van der Waals surface area contributed by atoms with Gasteiger partial charge in [0, 0.05) is 11.6 Å². The van der Waals surface area contributed by atoms with Crippen molar-refractivity contribution in [3.63, 3.8) is 0 Å². The third kappa shape index (κ3) is 3.66. The van der Waals surface area contributed by atoms with E-state index in [1.165, 1.54) is 11.8 Å². The summed E-state index contributed by atoms with van der Waals surface area (Å²) in [6.45, 7) is 0. The highest BCUT2D eigenvalue weighted by Gasteiger charge is 2.19. The second kappa shape index (κ2) is 8.77. The summed E-state index contributed by atoms with van der Waals surface area (Å²) in [7, 11) is 1.63. The van der Waals surface area contributed by atoms with Crippen LogP contribution in [0, 0.1) is 0 Å². The summed E-state index contributed by atoms with van der Waals surface area (Å²) in [6.07, 6.45) is 0. The predicted molar refractivity (Wildman–Crippen MR) is 134 cm³/mol. The largest absolute Gasteiger partial charge is 0.496 e. The van der Waals surface area contributed by atoms with Crippen LogP contribution in [0.1, 0.15) is 5.76 Å². The summed E-state index contributed by atoms with van der Waals surface area (Å²) in [5.41, 5.74) is 2.90. The van der Waals surface area contributed by atoms with E-state index in [9.17, 15) is 4.79 Å². The highest BCUT2D eigenvalue weighted by Crippen LogP contribution is 2.31. The molecule has 0 unspecified atom stereocenters. The molecule has 0 saturated carbocycles. The zero-order valence-electron chi connectivity index (χ0n) is 18.7. The van der Waals surface area contributed by atoms with Crippen LogP contribution in [-0.4, -0.2) is 31.4 Å². The number of benzene rings is 3. The van der Waals surface area contributed by atoms with E-state index in [0.29, 0.717) is 33.5 Å². The summed E-state index contributed by atoms with van der Waals surface area (Å²) in [5, 5.41) is 14.3. The number of para-hydroxylation sites is 3. The molecular weight excluding hydrogens is 462 g/mol. The van der Waals surface area contributed by atoms with Gasteiger partial charge in [0.1, 0.15) is 17.2 Å². The van der Waals surface area contributed by atoms with Gasteiger partial charge in [-0.05, 0) is 36.4 Å². The number of nitrogens with zero attached hydrogens (tertiary/aromatic N) is 5. The molecule has 0 saturated heterocycles. The standard InChI is InChI=1S/C26H19N5O3S/c1-33-23-14-8-6-11-19(23)21-15-18(34-29-21)16-35-26-28-27-25-30(17-9-3-2-4-10-17)24(32)20-12-5-7-13-22(20)31(25)26/h2-15H,16H2,1H3. The van der Waals surface area contributed by atoms with Crippen LogP contribution < -0.4 is 10.3 Å². The Labute approximate surface area is 203 Å². The first-order chi connectivity index (χ1) is 17.2. The van der Waals surface area contributed by atoms with Gasteiger partial charge < -0.3 is 9.26 Å². The quantitative estimate of drug-likeness (QED) is 0.310. The van der Waals surface area contributed by atoms with Gasteiger partial charge >= 0.3 is 0 Å². The number of ether oxygens (including phenoxy) is 1. The van der Waals surface area contributed by atoms with Gasteiger partial charge in [0.05, 0.1) is 29.5 Å². The topological polar surface area (TPSA) is 87.5 Å². The van der Waals surface area contributed by atoms with Crippen LogP contribution in [0.15, 0.2) is 99.4 Å². The molecular formula is C26H19N5O3S. The Morgan fingerprint density at radius 3 is 2.57 bits per heavy atom. The fraction of sp³-hybridized carbons (Fsp3) is 0.0769. The van der Waals surface area contributed by atoms with Crippen molar-refractivity contribution in [1.29, 1.82) is 0 Å². The molecule has 0 aliphatic rings. The number of rotatable bonds is 6. The van der Waals surface area contributed by atoms with Gasteiger partial charge in [-0.25, -0.2) is 4.57 Å². The third-order valence-electron chi connectivity index (χ3n) is 5.69. The maximum absolute atomic E-state index is 13.4. The van der Waals surface area contributed by atoms with E-state index in [-0.39, 0.29) is 5.56 Å². The number of aromatic nitrogens is 5. The minimum atomic E-state index is -0.139. The highest BCUT2D eigenvalue weighted by molar-refractivity contribution is 7.98. The molecule has 0 spiro atoms. The molecule has 9 heteroatoms. The van der Waals surface area contributed by atoms with Crippen molar-refractivity contribution >= 4 is 28.4 Å². The number of thioether (sulfide) groups is 1. The zero-order chi connectivity index (χ0) is 23.8. The molecule has 0 aliphatic heterocycles. The Bertz CT molecular complexity index is 1720. The number of methoxy groups -OCH3 is 1. The van der Waals surface area contributed by atoms with Gasteiger partial charge in [-0.1, -0.05) is 59.4 Å². The molecule has 8 nitrogen and oxygen atoms in total. The monoisotopic (exact) mass is 481 g/mol. The normalized spacial score (nSPS) is 11.3. The first kappa shape index (κ1) is 21.2. The molecule has 3 aromatic carbocycles. The fourth-order valence-electron chi connectivity index (χ4n) is 4.08. The van der Waals surface area contributed by atoms with Gasteiger partial charge in [-0.15, -0.1) is 10.2 Å². The van der Waals surface area contributed by atoms with E-state index in [1.807, 2.05) is 89.3 Å². The first-order valence-electron chi connectivity index (χ1n) is 10.9. The molecule has 6 aromatic rings. The Hall–Kier alpha value is -4.37. The molecule has 0 aliphatic carbocycles. The van der Waals surface area contributed by atoms with Crippen molar-refractivity contribution in [2.45, 2.75) is 10.9 Å². The van der Waals surface area contributed by atoms with E-state index in [1.54, 1.807) is 11.7 Å². The number of fused-ring (bicyclic) bond motifs is 3. The number of hydrogen-bond acceptors (Lipinski definition) is 7. The van der Waals surface area contributed by atoms with Crippen LogP contribution in [0.4, 0.5) is 0 Å². The molecule has 0 N–H and O–H groups in total. The molecule has 0 radical (unpaired) electrons. The maximum Gasteiger partial charge on any atom is 0.267 e. The molecule has 0 fully saturated rings. The molecule has 172 valence electrons. The van der Waals surface area contributed by atoms with E-state index in [2.05, 4.69) is 15.4 Å². The van der Waals surface area contributed by atoms with Crippen molar-refractivity contribution in [2.24, 2.45) is 0 Å². The summed E-state index contributed by atoms with van der Waals surface area (Å²) >= 11 is 1.46. The zero-order valence-corrected chi connectivity index (χ0v) is 19.5. The van der Waals surface area contributed by atoms with Crippen LogP contribution in [0.3, 0.4) is 0 Å². The molecule has 0 atom stereocenters. The smallest absolute Gasteiger partial charge is 0.267 e. The number of hydrogen-bond donors (Lipinski definition) is 0. The predicted octanol–water partition coefficient (Wildman–Crippen LogP) is 4.99. The summed E-state index contributed by atoms with van der Waals surface area (Å²) < 4.78 is 14.5. The fourth-order valence-corrected chi connectivity index (χ4v) is 4.90. The van der Waals surface area contributed by atoms with Crippen LogP contribution in [0.5, 0.6) is 5.75 Å². The van der Waals surface area contributed by atoms with Crippen LogP contribution >= 0.6 is 11.8 Å². The molecule has 6 rings (SSSR count). The molecule has 0 bridgehead atoms. The average Bonchev–Trinajstić information content (AvgIpc) is 3.56. The highest BCUT2D eigenvalue weighted by atomic mass is 32.2. The summed E-state index contributed by atoms with van der Waals surface area (Å²) in [4.78, 5) is 13.4. The van der Waals surface area contributed by atoms with Crippen molar-refractivity contribution in [3.8, 4) is 22.7 Å². The third-order valence-corrected chi connectivity index (χ3v) is 6.65. The Morgan fingerprint density at radius 2 is 1.71 bits per heavy atom. The van der Waals surface area contributed by atoms with Crippen LogP contribution in [0.25, 0.3) is 33.6 Å². The second-order valence-corrected chi connectivity index (χ2v) is 8.72. The lowest BCUT2D eigenvalue weighted by Gasteiger charge is -2.11. The van der Waals surface area contributed by atoms with E-state index in [0.717, 1.165) is 22.5 Å². The van der Waals surface area contributed by atoms with Crippen molar-refractivity contribution in [1.82, 2.24) is 24.3 Å². The molecule has 0 amide bonds. The Balaban J connectivity index is 1.40. The SMILES string of the molecule is COc1ccccc1-c1cc(CSc2nnc3n(-c4ccccc4)c(=O)c4ccccc4n23)on1. The molecule has 3 aromatic heterocycles. The van der Waals surface area contributed by atoms with E-state index in [4.69, 9.17) is 9.26 Å². The average molecular weight is 482 g/mol. The lowest BCUT2D eigenvalue weighted by molar-refractivity contribution is 0.395. The first-order valence-corrected chi connectivity index (χ1v) is 11.9. The Morgan fingerprint density at radius 1 is 0.943 bits per heavy atom. The summed E-state index contributed by atoms with van der Waals surface area (Å²) in [5.74, 6) is 2.36. The lowest BCUT2D eigenvalue weighted by Crippen LogP contribution is -2.21. The van der Waals surface area contributed by atoms with Gasteiger partial charge in [0.15, 0.2) is 5.16 Å². The van der Waals surface area contributed by atoms with E-state index < -0.39 is 0 Å². The minimum absolute atomic E-state index is 0.139. The van der Waals surface area contributed by atoms with E-state index >= 15 is 0 Å². The summed E-state index contributed by atoms with van der Waals surface area (Å²) in [6, 6.07) is 26.5. The molecule has 3 heterocycles. The maximum atomic E-state index is 13.4. The van der Waals surface area contributed by atoms with Gasteiger partial charge in [0.2, 0.25) is 5.78 Å². The van der Waals surface area contributed by atoms with Crippen LogP contribution in [-0.2, 0) is 5.75 Å². The second-order valence-electron chi connectivity index (χ2n) is 7.78. The van der Waals surface area contributed by atoms with Crippen molar-refractivity contribution in [3.05, 3.63) is 101 Å². The molecule has 35 heavy (non-hydrogen) atoms. The van der Waals surface area contributed by atoms with Crippen molar-refractivity contribution in [2.75, 3.05) is 7.11 Å². The Kier molecular flexibility index (Phi) is 5.31. The van der Waals surface area contributed by atoms with Gasteiger partial charge in [0.25, 0.3) is 5.56 Å². The van der Waals surface area contributed by atoms with Crippen molar-refractivity contribution < 1.29 is 9.26 Å². The lowest BCUT2D eigenvalue weighted by atomic mass is 10.1. The van der Waals surface area contributed by atoms with Gasteiger partial charge in [-0.2, -0.15) is 0 Å².